The molecule has 4 heteroatoms. The van der Waals surface area contributed by atoms with Crippen molar-refractivity contribution >= 4 is 11.7 Å². The summed E-state index contributed by atoms with van der Waals surface area (Å²) in [4.78, 5) is 16.1. The predicted molar refractivity (Wildman–Crippen MR) is 300 cm³/mol. The molecule has 11 aromatic rings. The summed E-state index contributed by atoms with van der Waals surface area (Å²) < 4.78 is 0. The third-order valence-electron chi connectivity index (χ3n) is 13.4. The number of hydrogen-bond acceptors (Lipinski definition) is 4. The summed E-state index contributed by atoms with van der Waals surface area (Å²) in [7, 11) is 0. The topological polar surface area (TPSA) is 49.6 Å². The average molecular weight is 921 g/mol. The highest BCUT2D eigenvalue weighted by molar-refractivity contribution is 6.13. The van der Waals surface area contributed by atoms with E-state index in [1.165, 1.54) is 11.1 Å². The summed E-state index contributed by atoms with van der Waals surface area (Å²) >= 11 is 0. The Bertz CT molecular complexity index is 3570. The summed E-state index contributed by atoms with van der Waals surface area (Å²) in [5.41, 5.74) is 20.6. The number of rotatable bonds is 11. The van der Waals surface area contributed by atoms with Crippen LogP contribution in [0.4, 0.5) is 0 Å². The van der Waals surface area contributed by atoms with Gasteiger partial charge in [-0.05, 0) is 55.6 Å². The highest BCUT2D eigenvalue weighted by Crippen LogP contribution is 2.49. The Hall–Kier alpha value is -9.51. The van der Waals surface area contributed by atoms with E-state index >= 15 is 0 Å². The molecule has 0 aliphatic carbocycles. The Labute approximate surface area is 421 Å². The van der Waals surface area contributed by atoms with Crippen LogP contribution in [0.15, 0.2) is 289 Å². The van der Waals surface area contributed by atoms with E-state index in [-0.39, 0.29) is 6.17 Å². The molecule has 0 amide bonds. The van der Waals surface area contributed by atoms with Gasteiger partial charge in [0, 0.05) is 38.9 Å². The molecule has 1 atom stereocenters. The third-order valence-corrected chi connectivity index (χ3v) is 13.4. The van der Waals surface area contributed by atoms with E-state index < -0.39 is 0 Å². The fourth-order valence-electron chi connectivity index (χ4n) is 9.73. The fourth-order valence-corrected chi connectivity index (χ4v) is 9.73. The predicted octanol–water partition coefficient (Wildman–Crippen LogP) is 16.9. The van der Waals surface area contributed by atoms with Crippen LogP contribution >= 0.6 is 0 Å². The maximum absolute atomic E-state index is 5.61. The van der Waals surface area contributed by atoms with Crippen molar-refractivity contribution in [2.24, 2.45) is 9.98 Å². The Morgan fingerprint density at radius 2 is 0.542 bits per heavy atom. The van der Waals surface area contributed by atoms with Gasteiger partial charge in [-0.3, -0.25) is 0 Å². The van der Waals surface area contributed by atoms with Crippen molar-refractivity contribution in [2.45, 2.75) is 6.17 Å². The van der Waals surface area contributed by atoms with Crippen LogP contribution < -0.4 is 5.32 Å². The van der Waals surface area contributed by atoms with Gasteiger partial charge in [0.1, 0.15) is 12.0 Å². The van der Waals surface area contributed by atoms with Crippen LogP contribution in [-0.2, 0) is 0 Å². The summed E-state index contributed by atoms with van der Waals surface area (Å²) in [5.74, 6) is 1.46. The van der Waals surface area contributed by atoms with Crippen LogP contribution in [-0.4, -0.2) is 16.7 Å². The quantitative estimate of drug-likeness (QED) is 0.141. The van der Waals surface area contributed by atoms with Gasteiger partial charge in [0.2, 0.25) is 0 Å². The van der Waals surface area contributed by atoms with Gasteiger partial charge < -0.3 is 5.32 Å². The smallest absolute Gasteiger partial charge is 0.159 e. The van der Waals surface area contributed by atoms with Gasteiger partial charge in [0.25, 0.3) is 0 Å². The zero-order chi connectivity index (χ0) is 48.1. The normalized spacial score (nSPS) is 13.1. The number of aromatic nitrogens is 1. The van der Waals surface area contributed by atoms with E-state index in [4.69, 9.17) is 15.0 Å². The average Bonchev–Trinajstić information content (AvgIpc) is 3.48. The lowest BCUT2D eigenvalue weighted by Gasteiger charge is -2.24. The Morgan fingerprint density at radius 1 is 0.250 bits per heavy atom. The van der Waals surface area contributed by atoms with Gasteiger partial charge in [-0.15, -0.1) is 0 Å². The first-order valence-corrected chi connectivity index (χ1v) is 24.5. The van der Waals surface area contributed by atoms with Crippen LogP contribution in [0.3, 0.4) is 0 Å². The minimum Gasteiger partial charge on any atom is -0.344 e. The molecule has 0 saturated carbocycles. The van der Waals surface area contributed by atoms with Crippen molar-refractivity contribution in [3.8, 4) is 89.3 Å². The molecule has 0 saturated heterocycles. The number of hydrogen-bond donors (Lipinski definition) is 1. The van der Waals surface area contributed by atoms with E-state index in [1.54, 1.807) is 0 Å². The minimum atomic E-state index is -0.335. The molecule has 4 nitrogen and oxygen atoms in total. The first-order valence-electron chi connectivity index (χ1n) is 24.5. The first-order chi connectivity index (χ1) is 35.7. The number of amidine groups is 2. The Morgan fingerprint density at radius 3 is 0.944 bits per heavy atom. The highest BCUT2D eigenvalue weighted by Gasteiger charge is 2.26. The molecule has 12 rings (SSSR count). The fraction of sp³-hybridized carbons (Fsp3) is 0.0147. The molecule has 0 spiro atoms. The lowest BCUT2D eigenvalue weighted by Crippen LogP contribution is -2.33. The van der Waals surface area contributed by atoms with Crippen molar-refractivity contribution in [1.29, 1.82) is 0 Å². The number of nitrogens with zero attached hydrogens (tertiary/aromatic N) is 3. The first kappa shape index (κ1) is 43.7. The summed E-state index contributed by atoms with van der Waals surface area (Å²) in [5, 5.41) is 3.67. The molecule has 1 aromatic heterocycles. The molecule has 10 aromatic carbocycles. The van der Waals surface area contributed by atoms with Crippen molar-refractivity contribution in [3.05, 3.63) is 296 Å². The SMILES string of the molecule is c1ccc(-c2ccc(C3=NC(c4ccc(-c5ccc(-c6c(-c7ccccc7)c(-c7ccccc7)nc(-c7ccccc7)c6-c6ccccc6)cc5)cc4)=NC(c4ccc(-c5ccccc5)cc4)N3)cc2)cc1. The number of pyridine rings is 1. The van der Waals surface area contributed by atoms with Crippen LogP contribution in [0.5, 0.6) is 0 Å². The standard InChI is InChI=1S/C68H48N4/c1-7-19-47(20-8-1)49-33-41-58(42-34-49)66-70-67(59-43-35-50(36-44-59)48-21-9-2-10-22-48)72-68(71-66)60-45-37-52(38-46-60)51-31-39-55(40-32-51)61-62(53-23-11-3-12-24-53)64(56-27-15-5-16-28-56)69-65(57-29-17-6-18-30-57)63(61)54-25-13-4-14-26-54/h1-46,66H,(H,70,71,72). The van der Waals surface area contributed by atoms with Crippen LogP contribution in [0.25, 0.3) is 89.3 Å². The lowest BCUT2D eigenvalue weighted by atomic mass is 9.83. The molecular formula is C68H48N4. The van der Waals surface area contributed by atoms with Gasteiger partial charge in [-0.25, -0.2) is 15.0 Å². The zero-order valence-corrected chi connectivity index (χ0v) is 39.5. The van der Waals surface area contributed by atoms with E-state index in [2.05, 4.69) is 272 Å². The maximum Gasteiger partial charge on any atom is 0.159 e. The van der Waals surface area contributed by atoms with Crippen molar-refractivity contribution in [1.82, 2.24) is 10.3 Å². The van der Waals surface area contributed by atoms with Crippen molar-refractivity contribution < 1.29 is 0 Å². The zero-order valence-electron chi connectivity index (χ0n) is 39.5. The molecular weight excluding hydrogens is 873 g/mol. The third kappa shape index (κ3) is 8.97. The number of nitrogens with one attached hydrogen (secondary N) is 1. The van der Waals surface area contributed by atoms with E-state index in [1.807, 2.05) is 12.1 Å². The summed E-state index contributed by atoms with van der Waals surface area (Å²) in [6, 6.07) is 98.4. The second-order valence-corrected chi connectivity index (χ2v) is 17.9. The van der Waals surface area contributed by atoms with Crippen LogP contribution in [0.1, 0.15) is 22.9 Å². The molecule has 0 bridgehead atoms. The molecule has 1 N–H and O–H groups in total. The molecule has 0 fully saturated rings. The Balaban J connectivity index is 0.931. The number of aliphatic imine (C=N–C) groups is 2. The van der Waals surface area contributed by atoms with Gasteiger partial charge in [-0.1, -0.05) is 279 Å². The van der Waals surface area contributed by atoms with Gasteiger partial charge in [0.15, 0.2) is 5.84 Å². The molecule has 1 aliphatic rings. The van der Waals surface area contributed by atoms with E-state index in [9.17, 15) is 0 Å². The van der Waals surface area contributed by atoms with Crippen LogP contribution in [0.2, 0.25) is 0 Å². The van der Waals surface area contributed by atoms with Crippen molar-refractivity contribution in [3.63, 3.8) is 0 Å². The Kier molecular flexibility index (Phi) is 12.1. The molecule has 72 heavy (non-hydrogen) atoms. The van der Waals surface area contributed by atoms with Gasteiger partial charge >= 0.3 is 0 Å². The largest absolute Gasteiger partial charge is 0.344 e. The summed E-state index contributed by atoms with van der Waals surface area (Å²) in [6.45, 7) is 0. The van der Waals surface area contributed by atoms with Gasteiger partial charge in [-0.2, -0.15) is 0 Å². The number of benzene rings is 10. The minimum absolute atomic E-state index is 0.335. The molecule has 0 radical (unpaired) electrons. The molecule has 340 valence electrons. The van der Waals surface area contributed by atoms with E-state index in [0.29, 0.717) is 5.84 Å². The second-order valence-electron chi connectivity index (χ2n) is 17.9. The monoisotopic (exact) mass is 920 g/mol. The highest BCUT2D eigenvalue weighted by atomic mass is 15.2. The lowest BCUT2D eigenvalue weighted by molar-refractivity contribution is 0.674. The van der Waals surface area contributed by atoms with Crippen molar-refractivity contribution in [2.75, 3.05) is 0 Å². The van der Waals surface area contributed by atoms with Crippen LogP contribution in [0, 0.1) is 0 Å². The summed E-state index contributed by atoms with van der Waals surface area (Å²) in [6.07, 6.45) is -0.335. The van der Waals surface area contributed by atoms with E-state index in [0.717, 1.165) is 101 Å². The molecule has 1 unspecified atom stereocenters. The second kappa shape index (κ2) is 19.8. The maximum atomic E-state index is 5.61. The molecule has 1 aliphatic heterocycles. The molecule has 2 heterocycles. The van der Waals surface area contributed by atoms with Gasteiger partial charge in [0.05, 0.1) is 11.4 Å².